The van der Waals surface area contributed by atoms with Crippen LogP contribution in [-0.4, -0.2) is 37.7 Å². The number of hydrogen-bond donors (Lipinski definition) is 3. The molecule has 0 amide bonds. The number of phenols is 1. The number of esters is 1. The summed E-state index contributed by atoms with van der Waals surface area (Å²) in [6.07, 6.45) is 0. The predicted molar refractivity (Wildman–Crippen MR) is 130 cm³/mol. The van der Waals surface area contributed by atoms with Crippen molar-refractivity contribution in [1.29, 1.82) is 0 Å². The zero-order valence-corrected chi connectivity index (χ0v) is 21.4. The number of carbonyl (C=O) groups is 1. The fraction of sp³-hybridized carbons (Fsp3) is 0.565. The van der Waals surface area contributed by atoms with Crippen molar-refractivity contribution in [3.63, 3.8) is 0 Å². The van der Waals surface area contributed by atoms with Crippen molar-refractivity contribution in [3.8, 4) is 5.75 Å². The van der Waals surface area contributed by atoms with E-state index in [9.17, 15) is 9.90 Å². The molecule has 31 heavy (non-hydrogen) atoms. The number of carbonyl (C=O) groups excluding carboxylic acids is 1. The minimum Gasteiger partial charge on any atom is -0.508 e. The lowest BCUT2D eigenvalue weighted by molar-refractivity contribution is -0.139. The van der Waals surface area contributed by atoms with Crippen LogP contribution in [0.25, 0.3) is 0 Å². The Morgan fingerprint density at radius 1 is 1.16 bits per heavy atom. The van der Waals surface area contributed by atoms with Gasteiger partial charge in [0, 0.05) is 0 Å². The Hall–Kier alpha value is -1.90. The summed E-state index contributed by atoms with van der Waals surface area (Å²) in [6.45, 7) is 15.6. The molecule has 8 heteroatoms. The molecule has 2 rings (SSSR count). The van der Waals surface area contributed by atoms with Gasteiger partial charge in [-0.05, 0) is 53.5 Å². The highest BCUT2D eigenvalue weighted by Gasteiger charge is 2.45. The lowest BCUT2D eigenvalue weighted by atomic mass is 9.95. The highest BCUT2D eigenvalue weighted by Crippen LogP contribution is 2.42. The number of ether oxygens (including phenoxy) is 1. The normalized spacial score (nSPS) is 17.2. The molecule has 0 fully saturated rings. The van der Waals surface area contributed by atoms with Crippen molar-refractivity contribution in [1.82, 2.24) is 10.6 Å². The number of hydrogen-bond acceptors (Lipinski definition) is 5. The fourth-order valence-corrected chi connectivity index (χ4v) is 10.5. The average Bonchev–Trinajstić information content (AvgIpc) is 2.67. The maximum absolute atomic E-state index is 13.0. The van der Waals surface area contributed by atoms with Crippen molar-refractivity contribution < 1.29 is 19.1 Å². The zero-order valence-electron chi connectivity index (χ0n) is 19.6. The van der Waals surface area contributed by atoms with E-state index in [1.807, 2.05) is 6.07 Å². The minimum atomic E-state index is -2.16. The van der Waals surface area contributed by atoms with Gasteiger partial charge < -0.3 is 24.9 Å². The SMILES string of the molecule is CCOC(=O)C1=C(CO[Si](C(C)C)(C(C)C)C(C)C)NC(=S)NC1c1cccc(O)c1. The standard InChI is InChI=1S/C23H36N2O4SSi/c1-8-28-22(27)20-19(13-29-31(14(2)3,15(4)5)16(6)7)24-23(30)25-21(20)17-10-9-11-18(26)12-17/h9-12,14-16,21,26H,8,13H2,1-7H3,(H2,24,25,30). The van der Waals surface area contributed by atoms with Crippen LogP contribution in [-0.2, 0) is 14.0 Å². The molecule has 3 N–H and O–H groups in total. The second-order valence-electron chi connectivity index (χ2n) is 8.85. The van der Waals surface area contributed by atoms with E-state index in [1.54, 1.807) is 25.1 Å². The van der Waals surface area contributed by atoms with Gasteiger partial charge >= 0.3 is 5.97 Å². The molecule has 1 atom stereocenters. The lowest BCUT2D eigenvalue weighted by Gasteiger charge is -2.43. The third-order valence-corrected chi connectivity index (χ3v) is 12.3. The Labute approximate surface area is 192 Å². The van der Waals surface area contributed by atoms with Crippen LogP contribution < -0.4 is 10.6 Å². The number of nitrogens with one attached hydrogen (secondary N) is 2. The van der Waals surface area contributed by atoms with Crippen LogP contribution in [0.15, 0.2) is 35.5 Å². The Bertz CT molecular complexity index is 817. The third-order valence-electron chi connectivity index (χ3n) is 6.03. The molecule has 1 aliphatic rings. The van der Waals surface area contributed by atoms with Gasteiger partial charge in [-0.3, -0.25) is 0 Å². The fourth-order valence-electron chi connectivity index (χ4n) is 4.83. The molecule has 1 aromatic rings. The molecule has 1 heterocycles. The summed E-state index contributed by atoms with van der Waals surface area (Å²) in [7, 11) is -2.16. The van der Waals surface area contributed by atoms with Crippen molar-refractivity contribution in [2.24, 2.45) is 0 Å². The van der Waals surface area contributed by atoms with E-state index in [0.29, 0.717) is 33.0 Å². The van der Waals surface area contributed by atoms with E-state index in [0.717, 1.165) is 5.56 Å². The van der Waals surface area contributed by atoms with Crippen LogP contribution in [0.4, 0.5) is 0 Å². The predicted octanol–water partition coefficient (Wildman–Crippen LogP) is 4.92. The molecule has 1 aromatic carbocycles. The van der Waals surface area contributed by atoms with Gasteiger partial charge in [-0.25, -0.2) is 4.79 Å². The Balaban J connectivity index is 2.53. The van der Waals surface area contributed by atoms with E-state index in [1.165, 1.54) is 0 Å². The van der Waals surface area contributed by atoms with Crippen LogP contribution in [0.1, 0.15) is 60.1 Å². The third kappa shape index (κ3) is 5.48. The summed E-state index contributed by atoms with van der Waals surface area (Å²) < 4.78 is 12.1. The van der Waals surface area contributed by atoms with Crippen molar-refractivity contribution in [2.75, 3.05) is 13.2 Å². The second-order valence-corrected chi connectivity index (χ2v) is 14.7. The van der Waals surface area contributed by atoms with E-state index in [2.05, 4.69) is 52.2 Å². The van der Waals surface area contributed by atoms with Crippen molar-refractivity contribution >= 4 is 31.6 Å². The molecule has 1 unspecified atom stereocenters. The van der Waals surface area contributed by atoms with Gasteiger partial charge in [-0.15, -0.1) is 0 Å². The number of thiocarbonyl (C=S) groups is 1. The topological polar surface area (TPSA) is 79.8 Å². The first-order valence-electron chi connectivity index (χ1n) is 10.9. The number of aromatic hydroxyl groups is 1. The summed E-state index contributed by atoms with van der Waals surface area (Å²) in [5.41, 5.74) is 3.01. The van der Waals surface area contributed by atoms with E-state index in [4.69, 9.17) is 21.4 Å². The van der Waals surface area contributed by atoms with E-state index >= 15 is 0 Å². The van der Waals surface area contributed by atoms with Crippen LogP contribution in [0.2, 0.25) is 16.6 Å². The second kappa shape index (κ2) is 10.6. The van der Waals surface area contributed by atoms with Gasteiger partial charge in [0.2, 0.25) is 8.32 Å². The molecule has 1 aliphatic heterocycles. The highest BCUT2D eigenvalue weighted by atomic mass is 32.1. The maximum atomic E-state index is 13.0. The van der Waals surface area contributed by atoms with Gasteiger partial charge in [0.25, 0.3) is 0 Å². The molecule has 6 nitrogen and oxygen atoms in total. The van der Waals surface area contributed by atoms with Crippen LogP contribution in [0, 0.1) is 0 Å². The van der Waals surface area contributed by atoms with Crippen LogP contribution >= 0.6 is 12.2 Å². The van der Waals surface area contributed by atoms with Gasteiger partial charge in [0.05, 0.1) is 30.5 Å². The van der Waals surface area contributed by atoms with Crippen LogP contribution in [0.3, 0.4) is 0 Å². The summed E-state index contributed by atoms with van der Waals surface area (Å²) in [4.78, 5) is 13.0. The summed E-state index contributed by atoms with van der Waals surface area (Å²) in [5.74, 6) is -0.307. The summed E-state index contributed by atoms with van der Waals surface area (Å²) >= 11 is 5.44. The molecule has 0 aromatic heterocycles. The van der Waals surface area contributed by atoms with Gasteiger partial charge in [0.1, 0.15) is 5.75 Å². The molecular weight excluding hydrogens is 428 g/mol. The molecular formula is C23H36N2O4SSi. The van der Waals surface area contributed by atoms with Crippen molar-refractivity contribution in [3.05, 3.63) is 41.1 Å². The summed E-state index contributed by atoms with van der Waals surface area (Å²) in [5, 5.41) is 16.7. The van der Waals surface area contributed by atoms with Gasteiger partial charge in [-0.2, -0.15) is 0 Å². The summed E-state index contributed by atoms with van der Waals surface area (Å²) in [6, 6.07) is 6.27. The van der Waals surface area contributed by atoms with Crippen molar-refractivity contribution in [2.45, 2.75) is 71.1 Å². The quantitative estimate of drug-likeness (QED) is 0.272. The maximum Gasteiger partial charge on any atom is 0.338 e. The zero-order chi connectivity index (χ0) is 23.3. The first-order valence-corrected chi connectivity index (χ1v) is 13.5. The smallest absolute Gasteiger partial charge is 0.338 e. The minimum absolute atomic E-state index is 0.121. The first-order chi connectivity index (χ1) is 14.5. The number of phenolic OH excluding ortho intramolecular Hbond substituents is 1. The molecule has 0 radical (unpaired) electrons. The lowest BCUT2D eigenvalue weighted by Crippen LogP contribution is -2.51. The first kappa shape index (κ1) is 25.4. The number of rotatable bonds is 9. The molecule has 172 valence electrons. The Kier molecular flexibility index (Phi) is 8.68. The Morgan fingerprint density at radius 3 is 2.29 bits per heavy atom. The largest absolute Gasteiger partial charge is 0.508 e. The molecule has 0 saturated heterocycles. The molecule has 0 spiro atoms. The van der Waals surface area contributed by atoms with Gasteiger partial charge in [0.15, 0.2) is 5.11 Å². The highest BCUT2D eigenvalue weighted by molar-refractivity contribution is 7.80. The molecule has 0 saturated carbocycles. The molecule has 0 aliphatic carbocycles. The van der Waals surface area contributed by atoms with E-state index < -0.39 is 20.3 Å². The van der Waals surface area contributed by atoms with Gasteiger partial charge in [-0.1, -0.05) is 53.7 Å². The molecule has 0 bridgehead atoms. The number of benzene rings is 1. The average molecular weight is 465 g/mol. The Morgan fingerprint density at radius 2 is 1.77 bits per heavy atom. The van der Waals surface area contributed by atoms with Crippen LogP contribution in [0.5, 0.6) is 5.75 Å². The monoisotopic (exact) mass is 464 g/mol. The van der Waals surface area contributed by atoms with E-state index in [-0.39, 0.29) is 19.0 Å².